The number of alkyl halides is 1. The fraction of sp³-hybridized carbons (Fsp3) is 0.600. The Labute approximate surface area is 63.9 Å². The third-order valence-corrected chi connectivity index (χ3v) is 0.865. The molecule has 0 unspecified atom stereocenters. The summed E-state index contributed by atoms with van der Waals surface area (Å²) in [5.74, 6) is 0. The molecule has 0 spiro atoms. The summed E-state index contributed by atoms with van der Waals surface area (Å²) in [4.78, 5) is 0. The zero-order chi connectivity index (χ0) is 4.83. The van der Waals surface area contributed by atoms with Crippen molar-refractivity contribution in [2.45, 2.75) is 13.3 Å². The topological polar surface area (TPSA) is 0 Å². The van der Waals surface area contributed by atoms with Crippen LogP contribution in [0.2, 0.25) is 0 Å². The summed E-state index contributed by atoms with van der Waals surface area (Å²) in [5.41, 5.74) is 0. The van der Waals surface area contributed by atoms with Crippen LogP contribution < -0.4 is 17.0 Å². The minimum Gasteiger partial charge on any atom is -1.00 e. The molecule has 0 saturated heterocycles. The molecule has 0 heterocycles. The van der Waals surface area contributed by atoms with Crippen molar-refractivity contribution in [3.8, 4) is 0 Å². The van der Waals surface area contributed by atoms with E-state index in [9.17, 15) is 0 Å². The lowest BCUT2D eigenvalue weighted by atomic mass is 10.4. The normalized spacial score (nSPS) is 8.86. The van der Waals surface area contributed by atoms with Gasteiger partial charge in [0.05, 0.1) is 0 Å². The van der Waals surface area contributed by atoms with Gasteiger partial charge < -0.3 is 17.0 Å². The van der Waals surface area contributed by atoms with Crippen molar-refractivity contribution < 1.29 is 17.0 Å². The molecule has 7 heavy (non-hydrogen) atoms. The van der Waals surface area contributed by atoms with E-state index in [-0.39, 0.29) is 17.0 Å². The van der Waals surface area contributed by atoms with Crippen LogP contribution in [0.1, 0.15) is 13.3 Å². The molecule has 0 aliphatic rings. The zero-order valence-corrected chi connectivity index (χ0v) is 7.50. The molecule has 0 saturated carbocycles. The van der Waals surface area contributed by atoms with Gasteiger partial charge in [-0.2, -0.15) is 0 Å². The quantitative estimate of drug-likeness (QED) is 0.436. The van der Waals surface area contributed by atoms with E-state index in [0.717, 1.165) is 11.8 Å². The van der Waals surface area contributed by atoms with Crippen LogP contribution >= 0.6 is 15.9 Å². The third-order valence-electron chi connectivity index (χ3n) is 0.491. The first kappa shape index (κ1) is 10.6. The van der Waals surface area contributed by atoms with Crippen molar-refractivity contribution in [3.63, 3.8) is 0 Å². The fourth-order valence-corrected chi connectivity index (χ4v) is 0.494. The first-order chi connectivity index (χ1) is 2.91. The van der Waals surface area contributed by atoms with Crippen LogP contribution in [0.25, 0.3) is 0 Å². The maximum atomic E-state index is 3.26. The van der Waals surface area contributed by atoms with E-state index in [0.29, 0.717) is 0 Å². The first-order valence-corrected chi connectivity index (χ1v) is 3.25. The molecule has 2 heteroatoms. The second-order valence-corrected chi connectivity index (χ2v) is 1.68. The van der Waals surface area contributed by atoms with Gasteiger partial charge in [-0.1, -0.05) is 35.0 Å². The van der Waals surface area contributed by atoms with Crippen LogP contribution in [0.5, 0.6) is 0 Å². The van der Waals surface area contributed by atoms with Gasteiger partial charge in [0.15, 0.2) is 0 Å². The molecular formula is C5H9Br2-. The fourth-order valence-electron chi connectivity index (χ4n) is 0.230. The maximum absolute atomic E-state index is 3.26. The molecule has 0 atom stereocenters. The van der Waals surface area contributed by atoms with Gasteiger partial charge in [-0.15, -0.1) is 0 Å². The van der Waals surface area contributed by atoms with E-state index >= 15 is 0 Å². The van der Waals surface area contributed by atoms with E-state index in [1.54, 1.807) is 0 Å². The van der Waals surface area contributed by atoms with Crippen LogP contribution in [0.4, 0.5) is 0 Å². The molecule has 0 fully saturated rings. The number of allylic oxidation sites excluding steroid dienone is 2. The lowest BCUT2D eigenvalue weighted by molar-refractivity contribution is -0.00000123. The zero-order valence-electron chi connectivity index (χ0n) is 4.32. The summed E-state index contributed by atoms with van der Waals surface area (Å²) in [6.07, 6.45) is 5.38. The van der Waals surface area contributed by atoms with Gasteiger partial charge in [0, 0.05) is 5.33 Å². The molecule has 0 nitrogen and oxygen atoms in total. The van der Waals surface area contributed by atoms with Crippen LogP contribution in [0.15, 0.2) is 12.2 Å². The molecule has 0 N–H and O–H groups in total. The van der Waals surface area contributed by atoms with Crippen LogP contribution in [-0.2, 0) is 0 Å². The number of rotatable bonds is 2. The standard InChI is InChI=1S/C5H9Br.BrH/c1-2-3-4-5-6;/h3-4H,2,5H2,1H3;1H/p-1/b4-3+;. The second kappa shape index (κ2) is 9.85. The van der Waals surface area contributed by atoms with Gasteiger partial charge in [0.1, 0.15) is 0 Å². The number of hydrogen-bond acceptors (Lipinski definition) is 0. The Kier molecular flexibility index (Phi) is 15.0. The first-order valence-electron chi connectivity index (χ1n) is 2.12. The number of halogens is 2. The Morgan fingerprint density at radius 3 is 2.14 bits per heavy atom. The van der Waals surface area contributed by atoms with E-state index in [1.165, 1.54) is 0 Å². The summed E-state index contributed by atoms with van der Waals surface area (Å²) >= 11 is 3.26. The van der Waals surface area contributed by atoms with Gasteiger partial charge in [-0.25, -0.2) is 0 Å². The Morgan fingerprint density at radius 2 is 2.00 bits per heavy atom. The van der Waals surface area contributed by atoms with Gasteiger partial charge in [-0.3, -0.25) is 0 Å². The molecule has 0 bridgehead atoms. The molecule has 0 rings (SSSR count). The highest BCUT2D eigenvalue weighted by atomic mass is 79.9. The summed E-state index contributed by atoms with van der Waals surface area (Å²) in [7, 11) is 0. The smallest absolute Gasteiger partial charge is 0.0212 e. The molecule has 0 aliphatic heterocycles. The monoisotopic (exact) mass is 227 g/mol. The Morgan fingerprint density at radius 1 is 1.43 bits per heavy atom. The average molecular weight is 229 g/mol. The van der Waals surface area contributed by atoms with Crippen molar-refractivity contribution in [1.29, 1.82) is 0 Å². The van der Waals surface area contributed by atoms with Crippen molar-refractivity contribution in [3.05, 3.63) is 12.2 Å². The average Bonchev–Trinajstić information content (AvgIpc) is 1.61. The Balaban J connectivity index is 0. The van der Waals surface area contributed by atoms with Gasteiger partial charge in [0.2, 0.25) is 0 Å². The SMILES string of the molecule is CC/C=C/CBr.[Br-]. The molecule has 0 amide bonds. The lowest BCUT2D eigenvalue weighted by Gasteiger charge is -1.71. The summed E-state index contributed by atoms with van der Waals surface area (Å²) in [5, 5.41) is 0.987. The molecule has 0 aromatic rings. The molecule has 0 aromatic carbocycles. The molecule has 0 radical (unpaired) electrons. The minimum atomic E-state index is 0. The Hall–Kier alpha value is 0.700. The van der Waals surface area contributed by atoms with E-state index in [1.807, 2.05) is 0 Å². The maximum Gasteiger partial charge on any atom is 0.0212 e. The van der Waals surface area contributed by atoms with Gasteiger partial charge in [0.25, 0.3) is 0 Å². The molecule has 44 valence electrons. The van der Waals surface area contributed by atoms with Crippen LogP contribution in [-0.4, -0.2) is 5.33 Å². The predicted octanol–water partition coefficient (Wildman–Crippen LogP) is -0.649. The highest BCUT2D eigenvalue weighted by molar-refractivity contribution is 9.09. The third kappa shape index (κ3) is 10.8. The van der Waals surface area contributed by atoms with Crippen molar-refractivity contribution in [1.82, 2.24) is 0 Å². The highest BCUT2D eigenvalue weighted by Gasteiger charge is 1.61. The van der Waals surface area contributed by atoms with E-state index < -0.39 is 0 Å². The summed E-state index contributed by atoms with van der Waals surface area (Å²) < 4.78 is 0. The van der Waals surface area contributed by atoms with Crippen LogP contribution in [0, 0.1) is 0 Å². The summed E-state index contributed by atoms with van der Waals surface area (Å²) in [6, 6.07) is 0. The number of hydrogen-bond donors (Lipinski definition) is 0. The van der Waals surface area contributed by atoms with E-state index in [2.05, 4.69) is 35.0 Å². The van der Waals surface area contributed by atoms with Gasteiger partial charge >= 0.3 is 0 Å². The van der Waals surface area contributed by atoms with Crippen molar-refractivity contribution >= 4 is 15.9 Å². The highest BCUT2D eigenvalue weighted by Crippen LogP contribution is 1.83. The van der Waals surface area contributed by atoms with Crippen LogP contribution in [0.3, 0.4) is 0 Å². The molecular weight excluding hydrogens is 220 g/mol. The van der Waals surface area contributed by atoms with Crippen molar-refractivity contribution in [2.75, 3.05) is 5.33 Å². The largest absolute Gasteiger partial charge is 1.00 e. The lowest BCUT2D eigenvalue weighted by Crippen LogP contribution is -3.00. The second-order valence-electron chi connectivity index (χ2n) is 1.03. The molecule has 0 aromatic heterocycles. The summed E-state index contributed by atoms with van der Waals surface area (Å²) in [6.45, 7) is 2.12. The van der Waals surface area contributed by atoms with Crippen molar-refractivity contribution in [2.24, 2.45) is 0 Å². The van der Waals surface area contributed by atoms with E-state index in [4.69, 9.17) is 0 Å². The molecule has 0 aliphatic carbocycles. The Bertz CT molecular complexity index is 35.3. The predicted molar refractivity (Wildman–Crippen MR) is 33.2 cm³/mol. The minimum absolute atomic E-state index is 0. The van der Waals surface area contributed by atoms with Gasteiger partial charge in [-0.05, 0) is 6.42 Å².